The molecule has 1 aliphatic heterocycles. The summed E-state index contributed by atoms with van der Waals surface area (Å²) in [5.41, 5.74) is 16.7. The lowest BCUT2D eigenvalue weighted by atomic mass is 10.1. The zero-order valence-electron chi connectivity index (χ0n) is 20.4. The van der Waals surface area contributed by atoms with Gasteiger partial charge in [0.25, 0.3) is 0 Å². The van der Waals surface area contributed by atoms with Crippen molar-refractivity contribution >= 4 is 47.9 Å². The molecule has 1 heterocycles. The van der Waals surface area contributed by atoms with Crippen LogP contribution in [0.15, 0.2) is 58.5 Å². The largest absolute Gasteiger partial charge is 0.384 e. The monoisotopic (exact) mass is 506 g/mol. The second-order valence-corrected chi connectivity index (χ2v) is 8.31. The van der Waals surface area contributed by atoms with Gasteiger partial charge in [0.15, 0.2) is 0 Å². The first kappa shape index (κ1) is 29.6. The SMILES string of the molecule is CCCCN=C(N)c1ccc(N2CCN(c3ccc(C(N)=NCCCC)cc3)CC2)cc1.Cl.Cl. The highest BCUT2D eigenvalue weighted by molar-refractivity contribution is 5.98. The minimum Gasteiger partial charge on any atom is -0.384 e. The molecule has 6 nitrogen and oxygen atoms in total. The van der Waals surface area contributed by atoms with Gasteiger partial charge >= 0.3 is 0 Å². The number of nitrogens with zero attached hydrogens (tertiary/aromatic N) is 4. The fourth-order valence-corrected chi connectivity index (χ4v) is 3.81. The lowest BCUT2D eigenvalue weighted by molar-refractivity contribution is 0.653. The Hall–Kier alpha value is -2.44. The molecule has 0 amide bonds. The van der Waals surface area contributed by atoms with E-state index in [1.807, 2.05) is 0 Å². The zero-order valence-corrected chi connectivity index (χ0v) is 22.1. The molecule has 0 radical (unpaired) electrons. The van der Waals surface area contributed by atoms with E-state index in [0.717, 1.165) is 76.1 Å². The van der Waals surface area contributed by atoms with Crippen LogP contribution >= 0.6 is 24.8 Å². The summed E-state index contributed by atoms with van der Waals surface area (Å²) in [4.78, 5) is 13.8. The van der Waals surface area contributed by atoms with Crippen LogP contribution in [0.5, 0.6) is 0 Å². The minimum atomic E-state index is 0. The molecule has 8 heteroatoms. The average molecular weight is 508 g/mol. The standard InChI is InChI=1S/C26H38N6.2ClH/c1-3-5-15-29-25(27)21-7-11-23(12-8-21)31-17-19-32(20-18-31)24-13-9-22(10-14-24)26(28)30-16-6-4-2;;/h7-14H,3-6,15-20H2,1-2H3,(H2,27,29)(H2,28,30);2*1H. The number of rotatable bonds is 10. The maximum absolute atomic E-state index is 6.12. The average Bonchev–Trinajstić information content (AvgIpc) is 2.84. The third kappa shape index (κ3) is 8.41. The highest BCUT2D eigenvalue weighted by Gasteiger charge is 2.18. The van der Waals surface area contributed by atoms with Crippen LogP contribution in [0.4, 0.5) is 11.4 Å². The number of anilines is 2. The van der Waals surface area contributed by atoms with Gasteiger partial charge in [-0.25, -0.2) is 0 Å². The van der Waals surface area contributed by atoms with Gasteiger partial charge in [-0.05, 0) is 61.4 Å². The first-order valence-corrected chi connectivity index (χ1v) is 11.9. The van der Waals surface area contributed by atoms with Crippen LogP contribution in [-0.4, -0.2) is 50.9 Å². The van der Waals surface area contributed by atoms with Crippen LogP contribution < -0.4 is 21.3 Å². The second kappa shape index (κ2) is 15.5. The number of hydrogen-bond donors (Lipinski definition) is 2. The molecule has 3 rings (SSSR count). The van der Waals surface area contributed by atoms with Crippen LogP contribution in [0.1, 0.15) is 50.7 Å². The first-order chi connectivity index (χ1) is 15.6. The molecule has 1 fully saturated rings. The van der Waals surface area contributed by atoms with Gasteiger partial charge in [0.1, 0.15) is 11.7 Å². The van der Waals surface area contributed by atoms with Crippen molar-refractivity contribution in [2.45, 2.75) is 39.5 Å². The van der Waals surface area contributed by atoms with E-state index in [0.29, 0.717) is 11.7 Å². The molecule has 2 aromatic rings. The van der Waals surface area contributed by atoms with Crippen molar-refractivity contribution in [2.24, 2.45) is 21.5 Å². The Balaban J connectivity index is 0.00000289. The van der Waals surface area contributed by atoms with E-state index in [1.54, 1.807) is 0 Å². The van der Waals surface area contributed by atoms with Gasteiger partial charge in [-0.2, -0.15) is 0 Å². The topological polar surface area (TPSA) is 83.2 Å². The Morgan fingerprint density at radius 3 is 1.26 bits per heavy atom. The van der Waals surface area contributed by atoms with Crippen molar-refractivity contribution in [1.82, 2.24) is 0 Å². The molecular formula is C26H40Cl2N6. The molecule has 1 aliphatic rings. The van der Waals surface area contributed by atoms with Crippen molar-refractivity contribution in [1.29, 1.82) is 0 Å². The van der Waals surface area contributed by atoms with Gasteiger partial charge in [-0.3, -0.25) is 9.98 Å². The molecule has 0 saturated carbocycles. The van der Waals surface area contributed by atoms with Crippen molar-refractivity contribution < 1.29 is 0 Å². The molecule has 0 spiro atoms. The summed E-state index contributed by atoms with van der Waals surface area (Å²) in [6.07, 6.45) is 4.41. The number of hydrogen-bond acceptors (Lipinski definition) is 4. The fraction of sp³-hybridized carbons (Fsp3) is 0.462. The third-order valence-electron chi connectivity index (χ3n) is 5.92. The molecule has 0 bridgehead atoms. The Bertz CT molecular complexity index is 813. The summed E-state index contributed by atoms with van der Waals surface area (Å²) < 4.78 is 0. The van der Waals surface area contributed by atoms with Crippen LogP contribution in [0, 0.1) is 0 Å². The van der Waals surface area contributed by atoms with Gasteiger partial charge in [0, 0.05) is 61.8 Å². The molecule has 0 aromatic heterocycles. The number of benzene rings is 2. The molecule has 188 valence electrons. The summed E-state index contributed by atoms with van der Waals surface area (Å²) in [7, 11) is 0. The van der Waals surface area contributed by atoms with E-state index in [-0.39, 0.29) is 24.8 Å². The number of unbranched alkanes of at least 4 members (excludes halogenated alkanes) is 2. The highest BCUT2D eigenvalue weighted by Crippen LogP contribution is 2.21. The predicted octanol–water partition coefficient (Wildman–Crippen LogP) is 4.87. The lowest BCUT2D eigenvalue weighted by Gasteiger charge is -2.37. The number of amidine groups is 2. The summed E-state index contributed by atoms with van der Waals surface area (Å²) in [6.45, 7) is 9.87. The number of aliphatic imine (C=N–C) groups is 2. The van der Waals surface area contributed by atoms with E-state index >= 15 is 0 Å². The third-order valence-corrected chi connectivity index (χ3v) is 5.92. The highest BCUT2D eigenvalue weighted by atomic mass is 35.5. The van der Waals surface area contributed by atoms with Gasteiger partial charge in [-0.15, -0.1) is 24.8 Å². The van der Waals surface area contributed by atoms with E-state index in [9.17, 15) is 0 Å². The molecule has 1 saturated heterocycles. The number of halogens is 2. The zero-order chi connectivity index (χ0) is 22.8. The fourth-order valence-electron chi connectivity index (χ4n) is 3.81. The summed E-state index contributed by atoms with van der Waals surface area (Å²) in [5.74, 6) is 1.27. The molecule has 0 atom stereocenters. The Kier molecular flexibility index (Phi) is 13.5. The smallest absolute Gasteiger partial charge is 0.125 e. The Morgan fingerprint density at radius 2 is 0.971 bits per heavy atom. The minimum absolute atomic E-state index is 0. The lowest BCUT2D eigenvalue weighted by Crippen LogP contribution is -2.46. The van der Waals surface area contributed by atoms with Gasteiger partial charge < -0.3 is 21.3 Å². The number of nitrogens with two attached hydrogens (primary N) is 2. The van der Waals surface area contributed by atoms with Crippen molar-refractivity contribution in [3.63, 3.8) is 0 Å². The Labute approximate surface area is 217 Å². The van der Waals surface area contributed by atoms with Crippen molar-refractivity contribution in [3.8, 4) is 0 Å². The van der Waals surface area contributed by atoms with Gasteiger partial charge in [-0.1, -0.05) is 26.7 Å². The number of piperazine rings is 1. The maximum atomic E-state index is 6.12. The van der Waals surface area contributed by atoms with Crippen LogP contribution in [-0.2, 0) is 0 Å². The molecule has 0 unspecified atom stereocenters. The molecule has 4 N–H and O–H groups in total. The van der Waals surface area contributed by atoms with E-state index in [4.69, 9.17) is 11.5 Å². The summed E-state index contributed by atoms with van der Waals surface area (Å²) >= 11 is 0. The van der Waals surface area contributed by atoms with Gasteiger partial charge in [0.05, 0.1) is 0 Å². The maximum Gasteiger partial charge on any atom is 0.125 e. The van der Waals surface area contributed by atoms with E-state index in [2.05, 4.69) is 82.2 Å². The quantitative estimate of drug-likeness (QED) is 0.273. The summed E-state index contributed by atoms with van der Waals surface area (Å²) in [5, 5.41) is 0. The predicted molar refractivity (Wildman–Crippen MR) is 153 cm³/mol. The van der Waals surface area contributed by atoms with E-state index < -0.39 is 0 Å². The molecule has 2 aromatic carbocycles. The van der Waals surface area contributed by atoms with Crippen molar-refractivity contribution in [2.75, 3.05) is 49.1 Å². The van der Waals surface area contributed by atoms with Crippen molar-refractivity contribution in [3.05, 3.63) is 59.7 Å². The normalized spacial score (nSPS) is 14.4. The van der Waals surface area contributed by atoms with E-state index in [1.165, 1.54) is 11.4 Å². The molecule has 34 heavy (non-hydrogen) atoms. The van der Waals surface area contributed by atoms with Crippen LogP contribution in [0.2, 0.25) is 0 Å². The second-order valence-electron chi connectivity index (χ2n) is 8.31. The molecule has 0 aliphatic carbocycles. The van der Waals surface area contributed by atoms with Crippen LogP contribution in [0.3, 0.4) is 0 Å². The van der Waals surface area contributed by atoms with Gasteiger partial charge in [0.2, 0.25) is 0 Å². The van der Waals surface area contributed by atoms with Crippen LogP contribution in [0.25, 0.3) is 0 Å². The first-order valence-electron chi connectivity index (χ1n) is 11.9. The summed E-state index contributed by atoms with van der Waals surface area (Å²) in [6, 6.07) is 16.9. The molecular weight excluding hydrogens is 467 g/mol. The Morgan fingerprint density at radius 1 is 0.647 bits per heavy atom.